The topological polar surface area (TPSA) is 54.4 Å². The molecular formula is C9H14O3. The van der Waals surface area contributed by atoms with Crippen LogP contribution in [0.4, 0.5) is 0 Å². The molecule has 3 heteroatoms. The predicted molar refractivity (Wildman–Crippen MR) is 45.9 cm³/mol. The number of Topliss-reactive ketones (excluding diaryl/α,β-unsaturated/α-hetero) is 1. The van der Waals surface area contributed by atoms with E-state index in [0.29, 0.717) is 6.42 Å². The van der Waals surface area contributed by atoms with Crippen LogP contribution in [-0.2, 0) is 9.59 Å². The molecule has 0 spiro atoms. The van der Waals surface area contributed by atoms with E-state index in [4.69, 9.17) is 5.11 Å². The molecule has 0 amide bonds. The molecule has 0 aromatic heterocycles. The van der Waals surface area contributed by atoms with Gasteiger partial charge < -0.3 is 5.11 Å². The van der Waals surface area contributed by atoms with E-state index in [0.717, 1.165) is 5.57 Å². The van der Waals surface area contributed by atoms with Gasteiger partial charge in [-0.25, -0.2) is 0 Å². The minimum atomic E-state index is -1.05. The van der Waals surface area contributed by atoms with Crippen LogP contribution in [-0.4, -0.2) is 16.9 Å². The Kier molecular flexibility index (Phi) is 4.26. The summed E-state index contributed by atoms with van der Waals surface area (Å²) in [5.74, 6) is -2.17. The third kappa shape index (κ3) is 3.91. The normalized spacial score (nSPS) is 12.2. The first-order valence-electron chi connectivity index (χ1n) is 3.85. The molecule has 0 bridgehead atoms. The van der Waals surface area contributed by atoms with Crippen molar-refractivity contribution in [2.24, 2.45) is 5.92 Å². The molecule has 0 rings (SSSR count). The van der Waals surface area contributed by atoms with Gasteiger partial charge in [-0.1, -0.05) is 5.57 Å². The van der Waals surface area contributed by atoms with Crippen molar-refractivity contribution in [3.05, 3.63) is 12.2 Å². The predicted octanol–water partition coefficient (Wildman–Crippen LogP) is 1.63. The van der Waals surface area contributed by atoms with E-state index in [1.165, 1.54) is 6.92 Å². The van der Waals surface area contributed by atoms with Crippen molar-refractivity contribution >= 4 is 11.8 Å². The number of carboxylic acids is 1. The highest BCUT2D eigenvalue weighted by Gasteiger charge is 2.19. The number of ketones is 1. The summed E-state index contributed by atoms with van der Waals surface area (Å²) < 4.78 is 0. The Hall–Kier alpha value is -1.12. The van der Waals surface area contributed by atoms with Crippen LogP contribution in [0.25, 0.3) is 0 Å². The van der Waals surface area contributed by atoms with Gasteiger partial charge in [0.2, 0.25) is 0 Å². The first kappa shape index (κ1) is 10.9. The van der Waals surface area contributed by atoms with Gasteiger partial charge in [0.25, 0.3) is 0 Å². The van der Waals surface area contributed by atoms with Gasteiger partial charge in [-0.2, -0.15) is 0 Å². The van der Waals surface area contributed by atoms with Crippen LogP contribution in [0.5, 0.6) is 0 Å². The maximum Gasteiger partial charge on any atom is 0.313 e. The lowest BCUT2D eigenvalue weighted by molar-refractivity contribution is -0.145. The van der Waals surface area contributed by atoms with Crippen LogP contribution in [0, 0.1) is 5.92 Å². The van der Waals surface area contributed by atoms with Crippen molar-refractivity contribution < 1.29 is 14.7 Å². The summed E-state index contributed by atoms with van der Waals surface area (Å²) in [6.07, 6.45) is 0.860. The number of rotatable bonds is 5. The molecule has 3 nitrogen and oxygen atoms in total. The largest absolute Gasteiger partial charge is 0.481 e. The highest BCUT2D eigenvalue weighted by molar-refractivity contribution is 5.97. The lowest BCUT2D eigenvalue weighted by Gasteiger charge is -2.03. The molecule has 0 saturated heterocycles. The van der Waals surface area contributed by atoms with Gasteiger partial charge in [-0.05, 0) is 20.3 Å². The standard InChI is InChI=1S/C9H14O3/c1-6(2)4-5-8(10)7(3)9(11)12/h7H,1,4-5H2,2-3H3,(H,11,12). The van der Waals surface area contributed by atoms with Crippen molar-refractivity contribution in [3.8, 4) is 0 Å². The van der Waals surface area contributed by atoms with Gasteiger partial charge in [-0.3, -0.25) is 9.59 Å². The summed E-state index contributed by atoms with van der Waals surface area (Å²) in [6, 6.07) is 0. The van der Waals surface area contributed by atoms with Gasteiger partial charge in [0.1, 0.15) is 11.7 Å². The fraction of sp³-hybridized carbons (Fsp3) is 0.556. The summed E-state index contributed by atoms with van der Waals surface area (Å²) in [5.41, 5.74) is 0.904. The number of allylic oxidation sites excluding steroid dienone is 1. The minimum absolute atomic E-state index is 0.231. The maximum absolute atomic E-state index is 11.1. The number of hydrogen-bond acceptors (Lipinski definition) is 2. The molecule has 0 radical (unpaired) electrons. The molecule has 0 aliphatic heterocycles. The third-order valence-electron chi connectivity index (χ3n) is 1.65. The van der Waals surface area contributed by atoms with Crippen molar-refractivity contribution in [3.63, 3.8) is 0 Å². The molecule has 12 heavy (non-hydrogen) atoms. The lowest BCUT2D eigenvalue weighted by Crippen LogP contribution is -2.20. The van der Waals surface area contributed by atoms with Crippen LogP contribution in [0.1, 0.15) is 26.7 Å². The monoisotopic (exact) mass is 170 g/mol. The Morgan fingerprint density at radius 3 is 2.25 bits per heavy atom. The van der Waals surface area contributed by atoms with Crippen LogP contribution < -0.4 is 0 Å². The third-order valence-corrected chi connectivity index (χ3v) is 1.65. The minimum Gasteiger partial charge on any atom is -0.481 e. The Morgan fingerprint density at radius 2 is 1.92 bits per heavy atom. The highest BCUT2D eigenvalue weighted by Crippen LogP contribution is 2.07. The first-order valence-corrected chi connectivity index (χ1v) is 3.85. The molecule has 0 fully saturated rings. The zero-order chi connectivity index (χ0) is 9.72. The van der Waals surface area contributed by atoms with Gasteiger partial charge in [0, 0.05) is 6.42 Å². The average molecular weight is 170 g/mol. The van der Waals surface area contributed by atoms with Crippen molar-refractivity contribution in [2.45, 2.75) is 26.7 Å². The molecule has 1 N–H and O–H groups in total. The van der Waals surface area contributed by atoms with E-state index in [2.05, 4.69) is 6.58 Å². The van der Waals surface area contributed by atoms with E-state index in [-0.39, 0.29) is 12.2 Å². The summed E-state index contributed by atoms with van der Waals surface area (Å²) in [4.78, 5) is 21.4. The van der Waals surface area contributed by atoms with Crippen molar-refractivity contribution in [2.75, 3.05) is 0 Å². The fourth-order valence-electron chi connectivity index (χ4n) is 0.691. The first-order chi connectivity index (χ1) is 5.45. The molecule has 68 valence electrons. The van der Waals surface area contributed by atoms with Crippen LogP contribution >= 0.6 is 0 Å². The van der Waals surface area contributed by atoms with E-state index in [1.807, 2.05) is 6.92 Å². The second-order valence-corrected chi connectivity index (χ2v) is 2.98. The number of aliphatic carboxylic acids is 1. The molecule has 0 aromatic rings. The van der Waals surface area contributed by atoms with E-state index < -0.39 is 11.9 Å². The van der Waals surface area contributed by atoms with E-state index in [9.17, 15) is 9.59 Å². The number of hydrogen-bond donors (Lipinski definition) is 1. The highest BCUT2D eigenvalue weighted by atomic mass is 16.4. The zero-order valence-corrected chi connectivity index (χ0v) is 7.46. The molecule has 0 heterocycles. The average Bonchev–Trinajstić information content (AvgIpc) is 1.98. The summed E-state index contributed by atoms with van der Waals surface area (Å²) >= 11 is 0. The smallest absolute Gasteiger partial charge is 0.313 e. The molecule has 0 aromatic carbocycles. The van der Waals surface area contributed by atoms with Crippen molar-refractivity contribution in [1.29, 1.82) is 0 Å². The molecule has 1 atom stereocenters. The number of carbonyl (C=O) groups is 2. The Labute approximate surface area is 72.1 Å². The molecule has 0 saturated carbocycles. The van der Waals surface area contributed by atoms with Gasteiger partial charge in [0.05, 0.1) is 0 Å². The summed E-state index contributed by atoms with van der Waals surface area (Å²) in [5, 5.41) is 8.47. The zero-order valence-electron chi connectivity index (χ0n) is 7.46. The maximum atomic E-state index is 11.1. The second kappa shape index (κ2) is 4.70. The number of carboxylic acid groups (broad SMARTS) is 1. The van der Waals surface area contributed by atoms with E-state index in [1.54, 1.807) is 0 Å². The SMILES string of the molecule is C=C(C)CCC(=O)C(C)C(=O)O. The Morgan fingerprint density at radius 1 is 1.42 bits per heavy atom. The fourth-order valence-corrected chi connectivity index (χ4v) is 0.691. The van der Waals surface area contributed by atoms with E-state index >= 15 is 0 Å². The lowest BCUT2D eigenvalue weighted by atomic mass is 10.0. The van der Waals surface area contributed by atoms with Crippen LogP contribution in [0.2, 0.25) is 0 Å². The van der Waals surface area contributed by atoms with Gasteiger partial charge >= 0.3 is 5.97 Å². The second-order valence-electron chi connectivity index (χ2n) is 2.98. The summed E-state index contributed by atoms with van der Waals surface area (Å²) in [6.45, 7) is 6.86. The quantitative estimate of drug-likeness (QED) is 0.504. The van der Waals surface area contributed by atoms with Gasteiger partial charge in [-0.15, -0.1) is 6.58 Å². The van der Waals surface area contributed by atoms with Crippen LogP contribution in [0.15, 0.2) is 12.2 Å². The molecule has 0 aliphatic carbocycles. The Bertz CT molecular complexity index is 206. The molecule has 1 unspecified atom stereocenters. The number of carbonyl (C=O) groups excluding carboxylic acids is 1. The summed E-state index contributed by atoms with van der Waals surface area (Å²) in [7, 11) is 0. The molecule has 0 aliphatic rings. The van der Waals surface area contributed by atoms with Gasteiger partial charge in [0.15, 0.2) is 0 Å². The van der Waals surface area contributed by atoms with Crippen molar-refractivity contribution in [1.82, 2.24) is 0 Å². The molecular weight excluding hydrogens is 156 g/mol. The Balaban J connectivity index is 3.88. The van der Waals surface area contributed by atoms with Crippen LogP contribution in [0.3, 0.4) is 0 Å².